The first-order valence-electron chi connectivity index (χ1n) is 3.17. The first kappa shape index (κ1) is 7.41. The van der Waals surface area contributed by atoms with Crippen LogP contribution < -0.4 is 0 Å². The highest BCUT2D eigenvalue weighted by Gasteiger charge is 2.05. The van der Waals surface area contributed by atoms with Gasteiger partial charge in [0.1, 0.15) is 10.8 Å². The predicted molar refractivity (Wildman–Crippen MR) is 43.3 cm³/mol. The maximum atomic E-state index is 4.22. The molecule has 0 aliphatic rings. The molecule has 1 atom stereocenters. The smallest absolute Gasteiger partial charge is 0.149 e. The van der Waals surface area contributed by atoms with E-state index in [1.807, 2.05) is 19.9 Å². The second-order valence-corrected chi connectivity index (χ2v) is 3.15. The van der Waals surface area contributed by atoms with Crippen LogP contribution in [0.1, 0.15) is 23.7 Å². The summed E-state index contributed by atoms with van der Waals surface area (Å²) in [5, 5.41) is 1.02. The molecular formula is C7H10N2S. The van der Waals surface area contributed by atoms with Crippen molar-refractivity contribution in [2.24, 2.45) is 0 Å². The molecule has 1 rings (SSSR count). The zero-order valence-electron chi connectivity index (χ0n) is 6.16. The highest BCUT2D eigenvalue weighted by Crippen LogP contribution is 2.13. The molecule has 0 radical (unpaired) electrons. The van der Waals surface area contributed by atoms with Crippen LogP contribution >= 0.6 is 11.5 Å². The molecule has 0 bridgehead atoms. The average Bonchev–Trinajstić information content (AvgIpc) is 2.34. The van der Waals surface area contributed by atoms with Crippen LogP contribution in [-0.2, 0) is 0 Å². The topological polar surface area (TPSA) is 25.8 Å². The third-order valence-electron chi connectivity index (χ3n) is 1.30. The molecular weight excluding hydrogens is 144 g/mol. The molecule has 0 aliphatic heterocycles. The molecule has 0 spiro atoms. The lowest BCUT2D eigenvalue weighted by atomic mass is 10.2. The molecule has 0 saturated heterocycles. The zero-order chi connectivity index (χ0) is 7.56. The van der Waals surface area contributed by atoms with Crippen molar-refractivity contribution >= 4 is 11.5 Å². The minimum atomic E-state index is 0.282. The van der Waals surface area contributed by atoms with Crippen LogP contribution in [0.5, 0.6) is 0 Å². The van der Waals surface area contributed by atoms with Crippen molar-refractivity contribution in [1.82, 2.24) is 9.36 Å². The number of rotatable bonds is 2. The SMILES string of the molecule is C=CC(C)c1nsc(C)n1. The van der Waals surface area contributed by atoms with Gasteiger partial charge in [0.15, 0.2) is 0 Å². The molecule has 0 fully saturated rings. The fourth-order valence-corrected chi connectivity index (χ4v) is 1.17. The zero-order valence-corrected chi connectivity index (χ0v) is 6.98. The Morgan fingerprint density at radius 1 is 1.70 bits per heavy atom. The van der Waals surface area contributed by atoms with E-state index < -0.39 is 0 Å². The van der Waals surface area contributed by atoms with Gasteiger partial charge in [-0.3, -0.25) is 0 Å². The van der Waals surface area contributed by atoms with Crippen molar-refractivity contribution in [2.45, 2.75) is 19.8 Å². The summed E-state index contributed by atoms with van der Waals surface area (Å²) in [6, 6.07) is 0. The summed E-state index contributed by atoms with van der Waals surface area (Å²) < 4.78 is 4.15. The normalized spacial score (nSPS) is 13.0. The van der Waals surface area contributed by atoms with Gasteiger partial charge in [0, 0.05) is 5.92 Å². The van der Waals surface area contributed by atoms with Gasteiger partial charge < -0.3 is 0 Å². The minimum absolute atomic E-state index is 0.282. The van der Waals surface area contributed by atoms with Crippen molar-refractivity contribution in [1.29, 1.82) is 0 Å². The number of aromatic nitrogens is 2. The lowest BCUT2D eigenvalue weighted by molar-refractivity contribution is 0.874. The summed E-state index contributed by atoms with van der Waals surface area (Å²) in [5.41, 5.74) is 0. The van der Waals surface area contributed by atoms with E-state index >= 15 is 0 Å². The van der Waals surface area contributed by atoms with E-state index in [1.54, 1.807) is 0 Å². The lowest BCUT2D eigenvalue weighted by Crippen LogP contribution is -1.90. The Bertz CT molecular complexity index is 229. The standard InChI is InChI=1S/C7H10N2S/c1-4-5(2)7-8-6(3)10-9-7/h4-5H,1H2,2-3H3. The first-order valence-corrected chi connectivity index (χ1v) is 3.94. The van der Waals surface area contributed by atoms with Gasteiger partial charge in [0.05, 0.1) is 0 Å². The first-order chi connectivity index (χ1) is 4.74. The van der Waals surface area contributed by atoms with Crippen LogP contribution in [0.4, 0.5) is 0 Å². The van der Waals surface area contributed by atoms with Crippen LogP contribution in [0.25, 0.3) is 0 Å². The summed E-state index contributed by atoms with van der Waals surface area (Å²) in [6.45, 7) is 7.66. The van der Waals surface area contributed by atoms with Gasteiger partial charge in [0.25, 0.3) is 0 Å². The highest BCUT2D eigenvalue weighted by molar-refractivity contribution is 7.05. The van der Waals surface area contributed by atoms with Gasteiger partial charge in [-0.2, -0.15) is 4.37 Å². The maximum absolute atomic E-state index is 4.22. The van der Waals surface area contributed by atoms with Crippen molar-refractivity contribution in [3.8, 4) is 0 Å². The number of nitrogens with zero attached hydrogens (tertiary/aromatic N) is 2. The summed E-state index contributed by atoms with van der Waals surface area (Å²) in [7, 11) is 0. The van der Waals surface area contributed by atoms with E-state index in [1.165, 1.54) is 11.5 Å². The third-order valence-corrected chi connectivity index (χ3v) is 1.94. The second-order valence-electron chi connectivity index (χ2n) is 2.20. The van der Waals surface area contributed by atoms with E-state index in [4.69, 9.17) is 0 Å². The lowest BCUT2D eigenvalue weighted by Gasteiger charge is -1.95. The molecule has 1 aromatic heterocycles. The van der Waals surface area contributed by atoms with Crippen molar-refractivity contribution in [2.75, 3.05) is 0 Å². The molecule has 2 nitrogen and oxygen atoms in total. The van der Waals surface area contributed by atoms with Gasteiger partial charge in [0.2, 0.25) is 0 Å². The van der Waals surface area contributed by atoms with Crippen LogP contribution in [0.3, 0.4) is 0 Å². The van der Waals surface area contributed by atoms with Gasteiger partial charge in [-0.1, -0.05) is 13.0 Å². The Morgan fingerprint density at radius 3 is 2.80 bits per heavy atom. The van der Waals surface area contributed by atoms with Crippen molar-refractivity contribution < 1.29 is 0 Å². The molecule has 0 saturated carbocycles. The molecule has 1 aromatic rings. The van der Waals surface area contributed by atoms with E-state index in [2.05, 4.69) is 15.9 Å². The average molecular weight is 154 g/mol. The van der Waals surface area contributed by atoms with E-state index in [9.17, 15) is 0 Å². The Morgan fingerprint density at radius 2 is 2.40 bits per heavy atom. The largest absolute Gasteiger partial charge is 0.224 e. The molecule has 1 heterocycles. The van der Waals surface area contributed by atoms with Gasteiger partial charge in [-0.25, -0.2) is 4.98 Å². The highest BCUT2D eigenvalue weighted by atomic mass is 32.1. The third kappa shape index (κ3) is 1.42. The molecule has 54 valence electrons. The summed E-state index contributed by atoms with van der Waals surface area (Å²) in [5.74, 6) is 1.17. The molecule has 0 aliphatic carbocycles. The van der Waals surface area contributed by atoms with Crippen molar-refractivity contribution in [3.05, 3.63) is 23.5 Å². The molecule has 10 heavy (non-hydrogen) atoms. The molecule has 3 heteroatoms. The van der Waals surface area contributed by atoms with Gasteiger partial charge in [-0.15, -0.1) is 6.58 Å². The monoisotopic (exact) mass is 154 g/mol. The fourth-order valence-electron chi connectivity index (χ4n) is 0.605. The van der Waals surface area contributed by atoms with E-state index in [-0.39, 0.29) is 5.92 Å². The van der Waals surface area contributed by atoms with Crippen LogP contribution in [0.15, 0.2) is 12.7 Å². The summed E-state index contributed by atoms with van der Waals surface area (Å²) in [6.07, 6.45) is 1.85. The van der Waals surface area contributed by atoms with Crippen molar-refractivity contribution in [3.63, 3.8) is 0 Å². The maximum Gasteiger partial charge on any atom is 0.149 e. The molecule has 1 unspecified atom stereocenters. The number of hydrogen-bond donors (Lipinski definition) is 0. The Hall–Kier alpha value is -0.700. The summed E-state index contributed by atoms with van der Waals surface area (Å²) >= 11 is 1.44. The minimum Gasteiger partial charge on any atom is -0.224 e. The van der Waals surface area contributed by atoms with Crippen LogP contribution in [0.2, 0.25) is 0 Å². The number of hydrogen-bond acceptors (Lipinski definition) is 3. The van der Waals surface area contributed by atoms with Gasteiger partial charge >= 0.3 is 0 Å². The van der Waals surface area contributed by atoms with E-state index in [0.29, 0.717) is 0 Å². The van der Waals surface area contributed by atoms with Gasteiger partial charge in [-0.05, 0) is 18.5 Å². The predicted octanol–water partition coefficient (Wildman–Crippen LogP) is 2.14. The fraction of sp³-hybridized carbons (Fsp3) is 0.429. The Kier molecular flexibility index (Phi) is 2.17. The quantitative estimate of drug-likeness (QED) is 0.610. The summed E-state index contributed by atoms with van der Waals surface area (Å²) in [4.78, 5) is 4.22. The van der Waals surface area contributed by atoms with Crippen LogP contribution in [-0.4, -0.2) is 9.36 Å². The molecule has 0 amide bonds. The molecule has 0 aromatic carbocycles. The van der Waals surface area contributed by atoms with E-state index in [0.717, 1.165) is 10.8 Å². The number of aryl methyl sites for hydroxylation is 1. The Labute approximate surface area is 64.8 Å². The molecule has 0 N–H and O–H groups in total. The van der Waals surface area contributed by atoms with Crippen LogP contribution in [0, 0.1) is 6.92 Å². The Balaban J connectivity index is 2.84. The second kappa shape index (κ2) is 2.92. The number of allylic oxidation sites excluding steroid dienone is 1.